The Kier molecular flexibility index (Phi) is 11.5. The van der Waals surface area contributed by atoms with E-state index in [1.807, 2.05) is 30.3 Å². The van der Waals surface area contributed by atoms with E-state index >= 15 is 0 Å². The number of ether oxygens (including phenoxy) is 4. The maximum Gasteiger partial charge on any atom is 0.306 e. The number of sulfonamides is 1. The summed E-state index contributed by atoms with van der Waals surface area (Å²) < 4.78 is 59.7. The van der Waals surface area contributed by atoms with Gasteiger partial charge in [-0.2, -0.15) is 4.31 Å². The third-order valence-electron chi connectivity index (χ3n) is 10.9. The van der Waals surface area contributed by atoms with E-state index in [9.17, 15) is 23.4 Å². The van der Waals surface area contributed by atoms with Gasteiger partial charge in [0, 0.05) is 48.9 Å². The zero-order valence-corrected chi connectivity index (χ0v) is 29.6. The van der Waals surface area contributed by atoms with Gasteiger partial charge in [-0.25, -0.2) is 13.4 Å². The first-order valence-electron chi connectivity index (χ1n) is 18.2. The molecule has 0 amide bonds. The predicted molar refractivity (Wildman–Crippen MR) is 184 cm³/mol. The highest BCUT2D eigenvalue weighted by atomic mass is 32.2. The Morgan fingerprint density at radius 1 is 1.02 bits per heavy atom. The first-order chi connectivity index (χ1) is 24.8. The minimum Gasteiger partial charge on any atom is -0.462 e. The van der Waals surface area contributed by atoms with E-state index in [2.05, 4.69) is 4.98 Å². The number of nitrogens with zero attached hydrogens (tertiary/aromatic N) is 2. The number of benzene rings is 2. The van der Waals surface area contributed by atoms with E-state index in [1.54, 1.807) is 12.1 Å². The van der Waals surface area contributed by atoms with E-state index in [4.69, 9.17) is 23.4 Å². The number of hydrogen-bond donors (Lipinski definition) is 2. The van der Waals surface area contributed by atoms with Crippen LogP contribution in [0.25, 0.3) is 11.5 Å². The average Bonchev–Trinajstić information content (AvgIpc) is 3.85. The molecule has 0 spiro atoms. The number of esters is 1. The molecule has 3 fully saturated rings. The van der Waals surface area contributed by atoms with Gasteiger partial charge < -0.3 is 33.6 Å². The first kappa shape index (κ1) is 36.2. The third kappa shape index (κ3) is 8.25. The van der Waals surface area contributed by atoms with Crippen LogP contribution in [-0.4, -0.2) is 85.3 Å². The number of fused-ring (bicyclic) bond motifs is 2. The van der Waals surface area contributed by atoms with Crippen molar-refractivity contribution < 1.29 is 46.8 Å². The van der Waals surface area contributed by atoms with E-state index < -0.39 is 28.0 Å². The maximum atomic E-state index is 14.5. The van der Waals surface area contributed by atoms with Crippen molar-refractivity contribution in [2.45, 2.75) is 88.0 Å². The zero-order valence-electron chi connectivity index (χ0n) is 28.8. The van der Waals surface area contributed by atoms with Crippen LogP contribution in [0.5, 0.6) is 0 Å². The van der Waals surface area contributed by atoms with Crippen molar-refractivity contribution in [1.29, 1.82) is 0 Å². The van der Waals surface area contributed by atoms with E-state index in [1.165, 1.54) is 16.6 Å². The molecular weight excluding hydrogens is 676 g/mol. The third-order valence-corrected chi connectivity index (χ3v) is 12.8. The Bertz CT molecular complexity index is 1730. The lowest BCUT2D eigenvalue weighted by atomic mass is 9.90. The van der Waals surface area contributed by atoms with Crippen LogP contribution in [0.3, 0.4) is 0 Å². The fraction of sp³-hybridized carbons (Fsp3) is 0.579. The molecule has 12 nitrogen and oxygen atoms in total. The molecule has 1 aliphatic carbocycles. The van der Waals surface area contributed by atoms with Gasteiger partial charge in [-0.3, -0.25) is 4.79 Å². The molecule has 1 aromatic heterocycles. The van der Waals surface area contributed by atoms with Crippen LogP contribution in [0.4, 0.5) is 0 Å². The van der Waals surface area contributed by atoms with Crippen molar-refractivity contribution in [3.8, 4) is 11.5 Å². The topological polar surface area (TPSA) is 158 Å². The van der Waals surface area contributed by atoms with Crippen molar-refractivity contribution in [1.82, 2.24) is 9.29 Å². The van der Waals surface area contributed by atoms with Crippen LogP contribution < -0.4 is 0 Å². The second-order valence-corrected chi connectivity index (χ2v) is 16.2. The summed E-state index contributed by atoms with van der Waals surface area (Å²) in [6, 6.07) is 14.5. The quantitative estimate of drug-likeness (QED) is 0.285. The van der Waals surface area contributed by atoms with E-state index in [0.29, 0.717) is 49.5 Å². The zero-order chi connectivity index (χ0) is 35.4. The molecule has 2 N–H and O–H groups in total. The summed E-state index contributed by atoms with van der Waals surface area (Å²) in [7, 11) is -4.13. The molecule has 51 heavy (non-hydrogen) atoms. The fourth-order valence-corrected chi connectivity index (χ4v) is 9.81. The van der Waals surface area contributed by atoms with Crippen LogP contribution in [0.2, 0.25) is 0 Å². The van der Waals surface area contributed by atoms with Crippen LogP contribution in [0.15, 0.2) is 64.1 Å². The van der Waals surface area contributed by atoms with Gasteiger partial charge in [0.25, 0.3) is 0 Å². The van der Waals surface area contributed by atoms with Gasteiger partial charge in [-0.05, 0) is 55.0 Å². The number of aliphatic hydroxyl groups excluding tert-OH is 2. The second-order valence-electron chi connectivity index (χ2n) is 14.3. The number of hydrogen-bond acceptors (Lipinski definition) is 11. The highest BCUT2D eigenvalue weighted by Gasteiger charge is 2.56. The highest BCUT2D eigenvalue weighted by Crippen LogP contribution is 2.49. The molecule has 1 saturated carbocycles. The summed E-state index contributed by atoms with van der Waals surface area (Å²) in [5, 5.41) is 21.4. The van der Waals surface area contributed by atoms with Crippen LogP contribution in [-0.2, 0) is 53.4 Å². The van der Waals surface area contributed by atoms with Gasteiger partial charge in [0.1, 0.15) is 18.1 Å². The van der Waals surface area contributed by atoms with Crippen molar-refractivity contribution >= 4 is 16.0 Å². The Hall–Kier alpha value is -3.17. The van der Waals surface area contributed by atoms with Crippen molar-refractivity contribution in [3.63, 3.8) is 0 Å². The molecule has 0 radical (unpaired) electrons. The van der Waals surface area contributed by atoms with Crippen LogP contribution in [0, 0.1) is 23.7 Å². The molecule has 276 valence electrons. The van der Waals surface area contributed by atoms with Crippen LogP contribution >= 0.6 is 0 Å². The number of β-amino-alcohol motifs (C(OH)–C–C–N with tert-alkyl or cyclic N) is 1. The minimum atomic E-state index is -4.13. The molecule has 4 aliphatic rings. The lowest BCUT2D eigenvalue weighted by Crippen LogP contribution is -2.42. The van der Waals surface area contributed by atoms with Gasteiger partial charge >= 0.3 is 5.97 Å². The number of rotatable bonds is 10. The Morgan fingerprint density at radius 2 is 1.82 bits per heavy atom. The minimum absolute atomic E-state index is 0.0601. The average molecular weight is 725 g/mol. The molecule has 4 heterocycles. The molecular formula is C38H48N2O10S. The van der Waals surface area contributed by atoms with Gasteiger partial charge in [0.05, 0.1) is 43.8 Å². The monoisotopic (exact) mass is 724 g/mol. The fourth-order valence-electron chi connectivity index (χ4n) is 8.12. The molecule has 2 unspecified atom stereocenters. The highest BCUT2D eigenvalue weighted by molar-refractivity contribution is 7.89. The molecule has 2 bridgehead atoms. The molecule has 2 saturated heterocycles. The number of carbonyl (C=O) groups excluding carboxylic acids is 1. The molecule has 7 rings (SSSR count). The van der Waals surface area contributed by atoms with Crippen molar-refractivity contribution in [2.24, 2.45) is 23.7 Å². The van der Waals surface area contributed by atoms with Crippen molar-refractivity contribution in [2.75, 3.05) is 32.9 Å². The summed E-state index contributed by atoms with van der Waals surface area (Å²) in [5.41, 5.74) is 2.31. The van der Waals surface area contributed by atoms with E-state index in [-0.39, 0.29) is 73.7 Å². The predicted octanol–water partition coefficient (Wildman–Crippen LogP) is 4.47. The lowest BCUT2D eigenvalue weighted by molar-refractivity contribution is -0.178. The Balaban J connectivity index is 1.13. The summed E-state index contributed by atoms with van der Waals surface area (Å²) in [4.78, 5) is 18.0. The number of aliphatic hydroxyl groups is 2. The standard InChI is InChI=1S/C38H48N2O10S/c41-20-30-23-47-37(39-30)26-11-12-34-28(16-26)21-46-14-8-3-1-2-7-13-40(51(34,44)45)19-33(42)27(15-25-9-5-4-6-10-25)18-35(43)50-36-29-17-31-32(36)24-49-38(31)48-22-29/h4-6,9-12,16,23,27,29,31-33,36,38,41-42H,1-3,7-8,13-15,17-22,24H2/t27-,29?,31?,32-,33-,36+,38+/m1/s1. The largest absolute Gasteiger partial charge is 0.462 e. The van der Waals surface area contributed by atoms with Gasteiger partial charge in [-0.1, -0.05) is 49.6 Å². The SMILES string of the molecule is O=C(C[C@@H](Cc1ccccc1)[C@H](O)CN1CCCCCCCOCc2cc(-c3nc(CO)co3)ccc2S1(=O)=O)O[C@H]1C2CO[C@H]3OC[C@@H]1C3C2. The summed E-state index contributed by atoms with van der Waals surface area (Å²) in [6.45, 7) is 1.32. The summed E-state index contributed by atoms with van der Waals surface area (Å²) in [5.74, 6) is -0.282. The van der Waals surface area contributed by atoms with E-state index in [0.717, 1.165) is 37.7 Å². The molecule has 3 aromatic rings. The number of carbonyl (C=O) groups is 1. The Labute approximate surface area is 299 Å². The number of oxazole rings is 1. The first-order valence-corrected chi connectivity index (χ1v) is 19.7. The molecule has 2 aromatic carbocycles. The second kappa shape index (κ2) is 16.2. The normalized spacial score (nSPS) is 27.8. The molecule has 13 heteroatoms. The van der Waals surface area contributed by atoms with Gasteiger partial charge in [-0.15, -0.1) is 0 Å². The van der Waals surface area contributed by atoms with Gasteiger partial charge in [0.15, 0.2) is 6.29 Å². The van der Waals surface area contributed by atoms with Gasteiger partial charge in [0.2, 0.25) is 15.9 Å². The van der Waals surface area contributed by atoms with Crippen molar-refractivity contribution in [3.05, 3.63) is 71.6 Å². The molecule has 3 aliphatic heterocycles. The lowest BCUT2D eigenvalue weighted by Gasteiger charge is -2.31. The summed E-state index contributed by atoms with van der Waals surface area (Å²) >= 11 is 0. The maximum absolute atomic E-state index is 14.5. The summed E-state index contributed by atoms with van der Waals surface area (Å²) in [6.07, 6.45) is 5.15. The van der Waals surface area contributed by atoms with Crippen LogP contribution in [0.1, 0.15) is 61.8 Å². The smallest absolute Gasteiger partial charge is 0.306 e. The number of aromatic nitrogens is 1. The molecule has 7 atom stereocenters. The Morgan fingerprint density at radius 3 is 2.65 bits per heavy atom.